The Morgan fingerprint density at radius 3 is 2.63 bits per heavy atom. The third kappa shape index (κ3) is 5.16. The first-order chi connectivity index (χ1) is 17.0. The van der Waals surface area contributed by atoms with Gasteiger partial charge in [0.05, 0.1) is 22.5 Å². The minimum atomic E-state index is 0.0142. The molecule has 0 unspecified atom stereocenters. The van der Waals surface area contributed by atoms with E-state index in [-0.39, 0.29) is 12.2 Å². The Morgan fingerprint density at radius 1 is 1.06 bits per heavy atom. The molecule has 0 radical (unpaired) electrons. The molecule has 1 aliphatic rings. The molecule has 8 nitrogen and oxygen atoms in total. The van der Waals surface area contributed by atoms with Gasteiger partial charge in [0, 0.05) is 62.6 Å². The molecule has 9 heteroatoms. The number of rotatable bonds is 7. The number of nitrogens with zero attached hydrogens (tertiary/aromatic N) is 6. The molecule has 0 bridgehead atoms. The molecule has 4 aromatic rings. The number of anilines is 2. The number of nitrogens with one attached hydrogen (secondary N) is 1. The van der Waals surface area contributed by atoms with Crippen LogP contribution in [0.5, 0.6) is 0 Å². The highest BCUT2D eigenvalue weighted by Gasteiger charge is 2.20. The molecule has 1 N–H and O–H groups in total. The summed E-state index contributed by atoms with van der Waals surface area (Å²) in [6.07, 6.45) is 3.78. The van der Waals surface area contributed by atoms with E-state index in [4.69, 9.17) is 0 Å². The maximum atomic E-state index is 13.1. The summed E-state index contributed by atoms with van der Waals surface area (Å²) in [4.78, 5) is 27.8. The van der Waals surface area contributed by atoms with Crippen LogP contribution in [0.25, 0.3) is 21.3 Å². The van der Waals surface area contributed by atoms with Crippen LogP contribution >= 0.6 is 11.3 Å². The van der Waals surface area contributed by atoms with Crippen LogP contribution in [0.2, 0.25) is 0 Å². The molecule has 0 amide bonds. The van der Waals surface area contributed by atoms with Gasteiger partial charge >= 0.3 is 0 Å². The molecule has 0 atom stereocenters. The number of carbonyl (C=O) groups excluding carboxylic acids is 1. The predicted molar refractivity (Wildman–Crippen MR) is 141 cm³/mol. The lowest BCUT2D eigenvalue weighted by molar-refractivity contribution is 0.0991. The van der Waals surface area contributed by atoms with E-state index >= 15 is 0 Å². The highest BCUT2D eigenvalue weighted by atomic mass is 32.1. The number of Topliss-reactive ketones (excluding diaryl/α,β-unsaturated/α-hetero) is 1. The molecular weight excluding hydrogens is 458 g/mol. The Hall–Kier alpha value is -3.43. The molecule has 0 spiro atoms. The van der Waals surface area contributed by atoms with Crippen molar-refractivity contribution in [3.63, 3.8) is 0 Å². The van der Waals surface area contributed by atoms with E-state index in [1.54, 1.807) is 23.6 Å². The van der Waals surface area contributed by atoms with Gasteiger partial charge in [0.25, 0.3) is 0 Å². The van der Waals surface area contributed by atoms with Crippen molar-refractivity contribution in [3.8, 4) is 10.4 Å². The van der Waals surface area contributed by atoms with Gasteiger partial charge in [-0.2, -0.15) is 10.2 Å². The van der Waals surface area contributed by atoms with Gasteiger partial charge in [-0.25, -0.2) is 9.97 Å². The van der Waals surface area contributed by atoms with E-state index in [2.05, 4.69) is 55.2 Å². The second kappa shape index (κ2) is 10.1. The summed E-state index contributed by atoms with van der Waals surface area (Å²) in [6, 6.07) is 12.2. The van der Waals surface area contributed by atoms with Crippen LogP contribution in [-0.2, 0) is 6.42 Å². The average Bonchev–Trinajstić information content (AvgIpc) is 3.38. The zero-order chi connectivity index (χ0) is 24.4. The first-order valence-corrected chi connectivity index (χ1v) is 12.7. The molecule has 35 heavy (non-hydrogen) atoms. The second-order valence-corrected chi connectivity index (χ2v) is 10.0. The Morgan fingerprint density at radius 2 is 1.89 bits per heavy atom. The quantitative estimate of drug-likeness (QED) is 0.389. The molecule has 180 valence electrons. The lowest BCUT2D eigenvalue weighted by atomic mass is 10.1. The first-order valence-electron chi connectivity index (χ1n) is 11.9. The normalized spacial score (nSPS) is 14.6. The van der Waals surface area contributed by atoms with Crippen molar-refractivity contribution in [2.75, 3.05) is 43.4 Å². The average molecular weight is 488 g/mol. The van der Waals surface area contributed by atoms with E-state index in [1.807, 2.05) is 37.5 Å². The number of pyridine rings is 1. The van der Waals surface area contributed by atoms with Crippen LogP contribution in [0.15, 0.2) is 48.8 Å². The largest absolute Gasteiger partial charge is 0.365 e. The van der Waals surface area contributed by atoms with Crippen molar-refractivity contribution >= 4 is 39.0 Å². The molecule has 3 aromatic heterocycles. The minimum Gasteiger partial charge on any atom is -0.365 e. The number of carbonyl (C=O) groups is 1. The summed E-state index contributed by atoms with van der Waals surface area (Å²) < 4.78 is 0. The Bertz CT molecular complexity index is 1340. The van der Waals surface area contributed by atoms with Crippen LogP contribution in [0.3, 0.4) is 0 Å². The number of hydrogen-bond acceptors (Lipinski definition) is 9. The second-order valence-electron chi connectivity index (χ2n) is 9.01. The van der Waals surface area contributed by atoms with E-state index in [9.17, 15) is 4.79 Å². The minimum absolute atomic E-state index is 0.0142. The number of benzene rings is 1. The first kappa shape index (κ1) is 23.3. The zero-order valence-electron chi connectivity index (χ0n) is 20.2. The molecule has 4 heterocycles. The smallest absolute Gasteiger partial charge is 0.182 e. The molecular formula is C26H29N7OS. The van der Waals surface area contributed by atoms with Gasteiger partial charge in [-0.1, -0.05) is 17.4 Å². The van der Waals surface area contributed by atoms with Crippen LogP contribution < -0.4 is 10.2 Å². The molecule has 1 fully saturated rings. The van der Waals surface area contributed by atoms with Crippen molar-refractivity contribution in [2.24, 2.45) is 0 Å². The molecule has 1 aromatic carbocycles. The third-order valence-electron chi connectivity index (χ3n) is 6.42. The van der Waals surface area contributed by atoms with E-state index in [0.29, 0.717) is 17.3 Å². The topological polar surface area (TPSA) is 87.1 Å². The highest BCUT2D eigenvalue weighted by molar-refractivity contribution is 7.18. The van der Waals surface area contributed by atoms with Gasteiger partial charge in [-0.3, -0.25) is 9.69 Å². The number of hydrogen-bond donors (Lipinski definition) is 1. The fourth-order valence-corrected chi connectivity index (χ4v) is 5.12. The Balaban J connectivity index is 1.31. The lowest BCUT2D eigenvalue weighted by Crippen LogP contribution is -2.49. The molecule has 0 saturated carbocycles. The summed E-state index contributed by atoms with van der Waals surface area (Å²) >= 11 is 1.60. The van der Waals surface area contributed by atoms with E-state index in [0.717, 1.165) is 58.5 Å². The van der Waals surface area contributed by atoms with Crippen LogP contribution in [0.1, 0.15) is 29.9 Å². The van der Waals surface area contributed by atoms with Gasteiger partial charge in [0.2, 0.25) is 0 Å². The van der Waals surface area contributed by atoms with E-state index < -0.39 is 0 Å². The van der Waals surface area contributed by atoms with Crippen LogP contribution in [0, 0.1) is 0 Å². The van der Waals surface area contributed by atoms with Gasteiger partial charge in [-0.15, -0.1) is 0 Å². The lowest BCUT2D eigenvalue weighted by Gasteiger charge is -2.37. The summed E-state index contributed by atoms with van der Waals surface area (Å²) in [7, 11) is 1.86. The number of piperazine rings is 1. The third-order valence-corrected chi connectivity index (χ3v) is 7.48. The monoisotopic (exact) mass is 487 g/mol. The number of ketones is 1. The molecule has 0 aliphatic carbocycles. The SMILES string of the molecule is CNc1ncc(-c2ccc3nnc(CC(=O)c4ccnc(N5CCN(C(C)C)CC5)c4)cc3c2)s1. The van der Waals surface area contributed by atoms with Crippen molar-refractivity contribution in [3.05, 3.63) is 60.0 Å². The van der Waals surface area contributed by atoms with Crippen molar-refractivity contribution in [2.45, 2.75) is 26.3 Å². The van der Waals surface area contributed by atoms with Crippen molar-refractivity contribution < 1.29 is 4.79 Å². The van der Waals surface area contributed by atoms with E-state index in [1.165, 1.54) is 0 Å². The fraction of sp³-hybridized carbons (Fsp3) is 0.346. The van der Waals surface area contributed by atoms with Crippen LogP contribution in [-0.4, -0.2) is 70.1 Å². The Labute approximate surface area is 209 Å². The maximum Gasteiger partial charge on any atom is 0.182 e. The van der Waals surface area contributed by atoms with Gasteiger partial charge in [0.15, 0.2) is 10.9 Å². The number of fused-ring (bicyclic) bond motifs is 1. The summed E-state index contributed by atoms with van der Waals surface area (Å²) in [5.41, 5.74) is 3.18. The summed E-state index contributed by atoms with van der Waals surface area (Å²) in [5, 5.41) is 13.6. The standard InChI is InChI=1S/C26H29N7OS/c1-17(2)32-8-10-33(11-9-32)25-14-18(6-7-28-25)23(34)15-21-13-20-12-19(4-5-22(20)31-30-21)24-16-29-26(27-3)35-24/h4-7,12-14,16-17H,8-11,15H2,1-3H3,(H,27,29). The predicted octanol–water partition coefficient (Wildman–Crippen LogP) is 4.15. The summed E-state index contributed by atoms with van der Waals surface area (Å²) in [5.74, 6) is 0.874. The van der Waals surface area contributed by atoms with Gasteiger partial charge < -0.3 is 10.2 Å². The van der Waals surface area contributed by atoms with Crippen molar-refractivity contribution in [1.82, 2.24) is 25.1 Å². The maximum absolute atomic E-state index is 13.1. The summed E-state index contributed by atoms with van der Waals surface area (Å²) in [6.45, 7) is 8.28. The van der Waals surface area contributed by atoms with Gasteiger partial charge in [0.1, 0.15) is 5.82 Å². The van der Waals surface area contributed by atoms with Gasteiger partial charge in [-0.05, 0) is 49.7 Å². The molecule has 1 aliphatic heterocycles. The molecule has 1 saturated heterocycles. The number of thiazole rings is 1. The van der Waals surface area contributed by atoms with Crippen LogP contribution in [0.4, 0.5) is 10.9 Å². The zero-order valence-corrected chi connectivity index (χ0v) is 21.0. The van der Waals surface area contributed by atoms with Crippen molar-refractivity contribution in [1.29, 1.82) is 0 Å². The Kier molecular flexibility index (Phi) is 6.70. The highest BCUT2D eigenvalue weighted by Crippen LogP contribution is 2.30. The fourth-order valence-electron chi connectivity index (χ4n) is 4.35. The molecule has 5 rings (SSSR count). The number of aromatic nitrogens is 4.